The molecule has 0 N–H and O–H groups in total. The molecular weight excluding hydrogens is 687 g/mol. The number of para-hydroxylation sites is 1. The maximum absolute atomic E-state index is 2.40. The predicted octanol–water partition coefficient (Wildman–Crippen LogP) is 15.8. The van der Waals surface area contributed by atoms with Gasteiger partial charge in [0, 0.05) is 16.9 Å². The Labute approximate surface area is 334 Å². The average Bonchev–Trinajstić information content (AvgIpc) is 3.30. The van der Waals surface area contributed by atoms with Crippen LogP contribution in [0, 0.1) is 0 Å². The number of hydrogen-bond donors (Lipinski definition) is 0. The molecule has 10 aromatic carbocycles. The molecule has 0 amide bonds. The molecule has 0 saturated heterocycles. The third-order valence-electron chi connectivity index (χ3n) is 11.1. The van der Waals surface area contributed by atoms with Crippen molar-refractivity contribution < 1.29 is 0 Å². The molecule has 1 nitrogen and oxygen atoms in total. The molecule has 0 aromatic heterocycles. The van der Waals surface area contributed by atoms with Gasteiger partial charge in [-0.25, -0.2) is 0 Å². The minimum absolute atomic E-state index is 1.09. The summed E-state index contributed by atoms with van der Waals surface area (Å²) in [5.74, 6) is 0. The number of hydrogen-bond acceptors (Lipinski definition) is 1. The Morgan fingerprint density at radius 1 is 0.228 bits per heavy atom. The van der Waals surface area contributed by atoms with Crippen molar-refractivity contribution in [1.29, 1.82) is 0 Å². The summed E-state index contributed by atoms with van der Waals surface area (Å²) in [5, 5.41) is 5.06. The molecule has 0 spiro atoms. The van der Waals surface area contributed by atoms with Gasteiger partial charge < -0.3 is 4.90 Å². The molecule has 268 valence electrons. The second kappa shape index (κ2) is 15.0. The summed E-state index contributed by atoms with van der Waals surface area (Å²) in [6, 6.07) is 85.6. The van der Waals surface area contributed by atoms with Crippen molar-refractivity contribution in [2.24, 2.45) is 0 Å². The lowest BCUT2D eigenvalue weighted by Crippen LogP contribution is -2.11. The molecule has 0 atom stereocenters. The van der Waals surface area contributed by atoms with E-state index in [-0.39, 0.29) is 0 Å². The van der Waals surface area contributed by atoms with Gasteiger partial charge in [-0.2, -0.15) is 0 Å². The van der Waals surface area contributed by atoms with Crippen molar-refractivity contribution >= 4 is 38.6 Å². The summed E-state index contributed by atoms with van der Waals surface area (Å²) in [4.78, 5) is 2.40. The van der Waals surface area contributed by atoms with E-state index in [0.29, 0.717) is 0 Å². The smallest absolute Gasteiger partial charge is 0.0540 e. The Kier molecular flexibility index (Phi) is 8.95. The van der Waals surface area contributed by atoms with E-state index in [1.165, 1.54) is 71.6 Å². The molecule has 0 saturated carbocycles. The lowest BCUT2D eigenvalue weighted by molar-refractivity contribution is 1.28. The lowest BCUT2D eigenvalue weighted by atomic mass is 9.91. The standard InChI is InChI=1S/C56H39N/c1-3-15-40(16-4-1)42-29-33-49(34-30-42)57(50-35-31-43(32-36-50)45-21-13-20-44(37-45)41-17-5-2-6-18-41)56-28-12-11-25-52(56)46-22-14-23-47(38-46)55-39-48-19-7-8-24-51(48)53-26-9-10-27-54(53)55/h1-39H. The minimum Gasteiger partial charge on any atom is -0.310 e. The molecule has 10 rings (SSSR count). The normalized spacial score (nSPS) is 11.2. The van der Waals surface area contributed by atoms with E-state index >= 15 is 0 Å². The molecule has 0 radical (unpaired) electrons. The number of nitrogens with zero attached hydrogens (tertiary/aromatic N) is 1. The van der Waals surface area contributed by atoms with Gasteiger partial charge in [0.25, 0.3) is 0 Å². The van der Waals surface area contributed by atoms with Crippen molar-refractivity contribution in [3.05, 3.63) is 237 Å². The number of anilines is 3. The van der Waals surface area contributed by atoms with Gasteiger partial charge in [0.05, 0.1) is 5.69 Å². The topological polar surface area (TPSA) is 3.24 Å². The summed E-state index contributed by atoms with van der Waals surface area (Å²) >= 11 is 0. The highest BCUT2D eigenvalue weighted by atomic mass is 15.1. The summed E-state index contributed by atoms with van der Waals surface area (Å²) in [7, 11) is 0. The Hall–Kier alpha value is -7.48. The molecule has 0 unspecified atom stereocenters. The van der Waals surface area contributed by atoms with Crippen LogP contribution in [0.25, 0.3) is 77.2 Å². The zero-order chi connectivity index (χ0) is 38.0. The van der Waals surface area contributed by atoms with Gasteiger partial charge >= 0.3 is 0 Å². The summed E-state index contributed by atoms with van der Waals surface area (Å²) in [5.41, 5.74) is 15.3. The molecule has 1 heteroatoms. The lowest BCUT2D eigenvalue weighted by Gasteiger charge is -2.28. The highest BCUT2D eigenvalue weighted by Crippen LogP contribution is 2.43. The maximum Gasteiger partial charge on any atom is 0.0540 e. The van der Waals surface area contributed by atoms with Gasteiger partial charge in [-0.1, -0.05) is 188 Å². The zero-order valence-electron chi connectivity index (χ0n) is 31.5. The summed E-state index contributed by atoms with van der Waals surface area (Å²) < 4.78 is 0. The van der Waals surface area contributed by atoms with Crippen molar-refractivity contribution in [3.8, 4) is 55.6 Å². The van der Waals surface area contributed by atoms with Crippen LogP contribution in [-0.4, -0.2) is 0 Å². The Balaban J connectivity index is 1.08. The van der Waals surface area contributed by atoms with Gasteiger partial charge in [0.1, 0.15) is 0 Å². The van der Waals surface area contributed by atoms with Crippen LogP contribution in [0.4, 0.5) is 17.1 Å². The van der Waals surface area contributed by atoms with E-state index in [1.54, 1.807) is 0 Å². The Bertz CT molecular complexity index is 2980. The number of rotatable bonds is 8. The quantitative estimate of drug-likeness (QED) is 0.141. The van der Waals surface area contributed by atoms with Crippen LogP contribution in [0.2, 0.25) is 0 Å². The maximum atomic E-state index is 2.40. The van der Waals surface area contributed by atoms with E-state index in [4.69, 9.17) is 0 Å². The van der Waals surface area contributed by atoms with Crippen molar-refractivity contribution in [1.82, 2.24) is 0 Å². The second-order valence-electron chi connectivity index (χ2n) is 14.5. The molecule has 10 aromatic rings. The summed E-state index contributed by atoms with van der Waals surface area (Å²) in [6.07, 6.45) is 0. The average molecular weight is 726 g/mol. The van der Waals surface area contributed by atoms with Crippen LogP contribution >= 0.6 is 0 Å². The molecule has 0 aliphatic rings. The monoisotopic (exact) mass is 725 g/mol. The van der Waals surface area contributed by atoms with Gasteiger partial charge in [0.15, 0.2) is 0 Å². The summed E-state index contributed by atoms with van der Waals surface area (Å²) in [6.45, 7) is 0. The zero-order valence-corrected chi connectivity index (χ0v) is 31.5. The first-order chi connectivity index (χ1) is 28.3. The van der Waals surface area contributed by atoms with E-state index in [1.807, 2.05) is 0 Å². The Morgan fingerprint density at radius 3 is 1.30 bits per heavy atom. The van der Waals surface area contributed by atoms with Crippen LogP contribution in [0.1, 0.15) is 0 Å². The van der Waals surface area contributed by atoms with E-state index in [9.17, 15) is 0 Å². The van der Waals surface area contributed by atoms with Crippen LogP contribution < -0.4 is 4.90 Å². The minimum atomic E-state index is 1.09. The molecule has 0 aliphatic heterocycles. The molecule has 0 aliphatic carbocycles. The third kappa shape index (κ3) is 6.66. The van der Waals surface area contributed by atoms with E-state index in [0.717, 1.165) is 22.6 Å². The highest BCUT2D eigenvalue weighted by Gasteiger charge is 2.18. The van der Waals surface area contributed by atoms with E-state index in [2.05, 4.69) is 241 Å². The first-order valence-electron chi connectivity index (χ1n) is 19.6. The fourth-order valence-electron chi connectivity index (χ4n) is 8.23. The number of benzene rings is 10. The van der Waals surface area contributed by atoms with Crippen LogP contribution in [0.5, 0.6) is 0 Å². The highest BCUT2D eigenvalue weighted by molar-refractivity contribution is 6.14. The van der Waals surface area contributed by atoms with Crippen molar-refractivity contribution in [3.63, 3.8) is 0 Å². The van der Waals surface area contributed by atoms with Crippen LogP contribution in [0.3, 0.4) is 0 Å². The second-order valence-corrected chi connectivity index (χ2v) is 14.5. The molecule has 0 fully saturated rings. The molecule has 0 heterocycles. The fourth-order valence-corrected chi connectivity index (χ4v) is 8.23. The van der Waals surface area contributed by atoms with E-state index < -0.39 is 0 Å². The predicted molar refractivity (Wildman–Crippen MR) is 243 cm³/mol. The fraction of sp³-hybridized carbons (Fsp3) is 0. The molecular formula is C56H39N. The van der Waals surface area contributed by atoms with Crippen molar-refractivity contribution in [2.75, 3.05) is 4.90 Å². The first-order valence-corrected chi connectivity index (χ1v) is 19.6. The number of fused-ring (bicyclic) bond motifs is 3. The third-order valence-corrected chi connectivity index (χ3v) is 11.1. The van der Waals surface area contributed by atoms with Crippen LogP contribution in [-0.2, 0) is 0 Å². The van der Waals surface area contributed by atoms with Gasteiger partial charge in [0.2, 0.25) is 0 Å². The largest absolute Gasteiger partial charge is 0.310 e. The first kappa shape index (κ1) is 34.0. The van der Waals surface area contributed by atoms with Crippen LogP contribution in [0.15, 0.2) is 237 Å². The van der Waals surface area contributed by atoms with Gasteiger partial charge in [-0.3, -0.25) is 0 Å². The Morgan fingerprint density at radius 2 is 0.649 bits per heavy atom. The molecule has 57 heavy (non-hydrogen) atoms. The van der Waals surface area contributed by atoms with Gasteiger partial charge in [-0.05, 0) is 120 Å². The van der Waals surface area contributed by atoms with Crippen molar-refractivity contribution in [2.45, 2.75) is 0 Å². The van der Waals surface area contributed by atoms with Gasteiger partial charge in [-0.15, -0.1) is 0 Å². The SMILES string of the molecule is c1ccc(-c2ccc(N(c3ccc(-c4cccc(-c5ccccc5)c4)cc3)c3ccccc3-c3cccc(-c4cc5ccccc5c5ccccc45)c3)cc2)cc1. The molecule has 0 bridgehead atoms.